The van der Waals surface area contributed by atoms with E-state index in [9.17, 15) is 9.90 Å². The predicted molar refractivity (Wildman–Crippen MR) is 153 cm³/mol. The van der Waals surface area contributed by atoms with Gasteiger partial charge in [0.25, 0.3) is 0 Å². The second-order valence-electron chi connectivity index (χ2n) is 10.0. The van der Waals surface area contributed by atoms with Gasteiger partial charge in [-0.2, -0.15) is 0 Å². The van der Waals surface area contributed by atoms with Crippen LogP contribution >= 0.6 is 0 Å². The largest absolute Gasteiger partial charge is 0.479 e. The number of aryl methyl sites for hydroxylation is 2. The molecular weight excluding hydrogens is 470 g/mol. The number of carboxylic acid groups (broad SMARTS) is 1. The maximum absolute atomic E-state index is 12.5. The number of unbranched alkanes of at least 4 members (excludes halogenated alkanes) is 1. The highest BCUT2D eigenvalue weighted by molar-refractivity contribution is 5.76. The molecule has 0 radical (unpaired) electrons. The molecule has 194 valence electrons. The lowest BCUT2D eigenvalue weighted by molar-refractivity contribution is -0.161. The van der Waals surface area contributed by atoms with E-state index in [-0.39, 0.29) is 0 Å². The molecule has 0 amide bonds. The van der Waals surface area contributed by atoms with Gasteiger partial charge < -0.3 is 14.2 Å². The third kappa shape index (κ3) is 5.51. The molecule has 1 aliphatic carbocycles. The minimum Gasteiger partial charge on any atom is -0.479 e. The van der Waals surface area contributed by atoms with Crippen LogP contribution < -0.4 is 0 Å². The Bertz CT molecular complexity index is 1430. The topological polar surface area (TPSA) is 50.9 Å². The quantitative estimate of drug-likeness (QED) is 0.228. The van der Waals surface area contributed by atoms with Crippen molar-refractivity contribution in [3.05, 3.63) is 132 Å². The van der Waals surface area contributed by atoms with E-state index in [4.69, 9.17) is 4.74 Å². The summed E-state index contributed by atoms with van der Waals surface area (Å²) in [5.74, 6) is -0.926. The Labute approximate surface area is 224 Å². The lowest BCUT2D eigenvalue weighted by Gasteiger charge is -2.36. The second-order valence-corrected chi connectivity index (χ2v) is 10.0. The normalized spacial score (nSPS) is 17.9. The number of aromatic nitrogens is 1. The summed E-state index contributed by atoms with van der Waals surface area (Å²) in [5.41, 5.74) is 5.96. The number of fused-ring (bicyclic) bond motifs is 1. The van der Waals surface area contributed by atoms with Crippen LogP contribution in [-0.2, 0) is 28.0 Å². The summed E-state index contributed by atoms with van der Waals surface area (Å²) >= 11 is 0. The van der Waals surface area contributed by atoms with E-state index in [0.29, 0.717) is 19.3 Å². The van der Waals surface area contributed by atoms with E-state index < -0.39 is 17.7 Å². The first-order valence-electron chi connectivity index (χ1n) is 13.6. The zero-order valence-electron chi connectivity index (χ0n) is 21.9. The highest BCUT2D eigenvalue weighted by atomic mass is 16.5. The van der Waals surface area contributed by atoms with Crippen molar-refractivity contribution >= 4 is 17.1 Å². The van der Waals surface area contributed by atoms with Crippen LogP contribution in [0.4, 0.5) is 0 Å². The molecule has 2 heterocycles. The summed E-state index contributed by atoms with van der Waals surface area (Å²) in [6.07, 6.45) is 14.3. The molecule has 2 aromatic heterocycles. The van der Waals surface area contributed by atoms with Crippen molar-refractivity contribution in [2.75, 3.05) is 0 Å². The lowest BCUT2D eigenvalue weighted by atomic mass is 9.82. The fourth-order valence-electron chi connectivity index (χ4n) is 5.41. The van der Waals surface area contributed by atoms with Crippen LogP contribution in [-0.4, -0.2) is 21.6 Å². The van der Waals surface area contributed by atoms with E-state index in [0.717, 1.165) is 47.0 Å². The fraction of sp³-hybridized carbons (Fsp3) is 0.265. The third-order valence-electron chi connectivity index (χ3n) is 7.46. The third-order valence-corrected chi connectivity index (χ3v) is 7.46. The molecule has 0 bridgehead atoms. The minimum absolute atomic E-state index is 0.405. The summed E-state index contributed by atoms with van der Waals surface area (Å²) < 4.78 is 8.89. The molecule has 1 aliphatic rings. The number of rotatable bonds is 11. The van der Waals surface area contributed by atoms with Gasteiger partial charge in [0.1, 0.15) is 5.60 Å². The van der Waals surface area contributed by atoms with Crippen LogP contribution in [0.15, 0.2) is 109 Å². The SMILES string of the molecule is CCCCc1c(C2(O[C@@H](CCc3ccccc3)C(=O)O)C=CC(c3ccccc3)=CC2)cn2ccccc12. The average molecular weight is 506 g/mol. The van der Waals surface area contributed by atoms with E-state index in [1.54, 1.807) is 0 Å². The molecule has 2 aromatic carbocycles. The molecule has 38 heavy (non-hydrogen) atoms. The zero-order valence-corrected chi connectivity index (χ0v) is 21.9. The fourth-order valence-corrected chi connectivity index (χ4v) is 5.41. The van der Waals surface area contributed by atoms with Gasteiger partial charge in [0.15, 0.2) is 6.10 Å². The molecule has 4 heteroatoms. The highest BCUT2D eigenvalue weighted by Gasteiger charge is 2.39. The summed E-state index contributed by atoms with van der Waals surface area (Å²) in [5, 5.41) is 10.3. The summed E-state index contributed by atoms with van der Waals surface area (Å²) in [4.78, 5) is 12.5. The van der Waals surface area contributed by atoms with Crippen LogP contribution in [0.2, 0.25) is 0 Å². The molecule has 4 nitrogen and oxygen atoms in total. The molecule has 2 atom stereocenters. The molecule has 0 fully saturated rings. The van der Waals surface area contributed by atoms with Crippen molar-refractivity contribution < 1.29 is 14.6 Å². The summed E-state index contributed by atoms with van der Waals surface area (Å²) in [7, 11) is 0. The van der Waals surface area contributed by atoms with Crippen molar-refractivity contribution in [3.8, 4) is 0 Å². The Hall–Kier alpha value is -3.89. The maximum atomic E-state index is 12.5. The van der Waals surface area contributed by atoms with Crippen molar-refractivity contribution in [3.63, 3.8) is 0 Å². The number of hydrogen-bond donors (Lipinski definition) is 1. The number of aliphatic carboxylic acids is 1. The Morgan fingerprint density at radius 3 is 2.42 bits per heavy atom. The molecular formula is C34H35NO3. The second kappa shape index (κ2) is 11.7. The van der Waals surface area contributed by atoms with Crippen LogP contribution in [0.3, 0.4) is 0 Å². The number of carboxylic acids is 1. The number of allylic oxidation sites excluding steroid dienone is 2. The Morgan fingerprint density at radius 2 is 1.74 bits per heavy atom. The lowest BCUT2D eigenvalue weighted by Crippen LogP contribution is -2.38. The van der Waals surface area contributed by atoms with Gasteiger partial charge in [-0.1, -0.05) is 92.2 Å². The van der Waals surface area contributed by atoms with Crippen LogP contribution in [0.1, 0.15) is 54.9 Å². The molecule has 5 rings (SSSR count). The van der Waals surface area contributed by atoms with Crippen LogP contribution in [0.25, 0.3) is 11.1 Å². The molecule has 0 aliphatic heterocycles. The highest BCUT2D eigenvalue weighted by Crippen LogP contribution is 2.42. The number of hydrogen-bond acceptors (Lipinski definition) is 2. The zero-order chi connectivity index (χ0) is 26.4. The first-order chi connectivity index (χ1) is 18.6. The Morgan fingerprint density at radius 1 is 1.00 bits per heavy atom. The standard InChI is InChI=1S/C34H35NO3/c1-2-3-16-29-30(25-35-24-11-10-17-31(29)35)34(22-20-28(21-23-34)27-14-8-5-9-15-27)38-32(33(36)37)19-18-26-12-6-4-7-13-26/h4-15,17,20-22,24-25,32H,2-3,16,18-19,23H2,1H3,(H,36,37)/t32-,34?/m0/s1. The first-order valence-corrected chi connectivity index (χ1v) is 13.6. The van der Waals surface area contributed by atoms with Crippen molar-refractivity contribution in [2.45, 2.75) is 57.2 Å². The number of carbonyl (C=O) groups is 1. The van der Waals surface area contributed by atoms with Gasteiger partial charge in [-0.05, 0) is 66.2 Å². The Balaban J connectivity index is 1.55. The van der Waals surface area contributed by atoms with E-state index in [1.807, 2.05) is 54.6 Å². The predicted octanol–water partition coefficient (Wildman–Crippen LogP) is 7.62. The number of pyridine rings is 1. The monoisotopic (exact) mass is 505 g/mol. The van der Waals surface area contributed by atoms with Gasteiger partial charge in [0, 0.05) is 29.9 Å². The molecule has 1 N–H and O–H groups in total. The van der Waals surface area contributed by atoms with Gasteiger partial charge in [0.2, 0.25) is 0 Å². The number of benzene rings is 2. The number of ether oxygens (including phenoxy) is 1. The average Bonchev–Trinajstić information content (AvgIpc) is 3.34. The van der Waals surface area contributed by atoms with Crippen LogP contribution in [0.5, 0.6) is 0 Å². The molecule has 0 saturated heterocycles. The maximum Gasteiger partial charge on any atom is 0.332 e. The summed E-state index contributed by atoms with van der Waals surface area (Å²) in [6.45, 7) is 2.20. The van der Waals surface area contributed by atoms with Crippen molar-refractivity contribution in [1.82, 2.24) is 4.40 Å². The molecule has 4 aromatic rings. The van der Waals surface area contributed by atoms with Gasteiger partial charge in [-0.15, -0.1) is 0 Å². The van der Waals surface area contributed by atoms with Crippen molar-refractivity contribution in [1.29, 1.82) is 0 Å². The van der Waals surface area contributed by atoms with E-state index >= 15 is 0 Å². The summed E-state index contributed by atoms with van der Waals surface area (Å²) in [6, 6.07) is 26.5. The molecule has 0 spiro atoms. The minimum atomic E-state index is -0.937. The van der Waals surface area contributed by atoms with Gasteiger partial charge >= 0.3 is 5.97 Å². The Kier molecular flexibility index (Phi) is 7.90. The van der Waals surface area contributed by atoms with Crippen molar-refractivity contribution in [2.24, 2.45) is 0 Å². The van der Waals surface area contributed by atoms with Gasteiger partial charge in [-0.25, -0.2) is 4.79 Å². The first kappa shape index (κ1) is 25.7. The van der Waals surface area contributed by atoms with Gasteiger partial charge in [0.05, 0.1) is 0 Å². The van der Waals surface area contributed by atoms with Gasteiger partial charge in [-0.3, -0.25) is 0 Å². The smallest absolute Gasteiger partial charge is 0.332 e. The molecule has 1 unspecified atom stereocenters. The molecule has 0 saturated carbocycles. The van der Waals surface area contributed by atoms with E-state index in [2.05, 4.69) is 66.2 Å². The van der Waals surface area contributed by atoms with Crippen LogP contribution in [0, 0.1) is 0 Å². The van der Waals surface area contributed by atoms with E-state index in [1.165, 1.54) is 5.56 Å². The number of nitrogens with zero attached hydrogens (tertiary/aromatic N) is 1.